The van der Waals surface area contributed by atoms with E-state index in [1.54, 1.807) is 6.20 Å². The smallest absolute Gasteiger partial charge is 0.338 e. The number of carbonyl (C=O) groups excluding carboxylic acids is 1. The van der Waals surface area contributed by atoms with Gasteiger partial charge in [-0.05, 0) is 25.1 Å². The molecule has 1 heterocycles. The van der Waals surface area contributed by atoms with Crippen molar-refractivity contribution in [3.05, 3.63) is 47.0 Å². The Hall–Kier alpha value is -2.90. The first-order chi connectivity index (χ1) is 9.97. The van der Waals surface area contributed by atoms with Crippen LogP contribution in [0.1, 0.15) is 21.6 Å². The Balaban J connectivity index is 1.98. The molecule has 0 saturated carbocycles. The minimum absolute atomic E-state index is 0.190. The summed E-state index contributed by atoms with van der Waals surface area (Å²) in [6.07, 6.45) is 1.59. The molecular formula is C13H13FN4O3. The fourth-order valence-electron chi connectivity index (χ4n) is 1.67. The number of aromatic amines is 1. The van der Waals surface area contributed by atoms with Gasteiger partial charge in [0.25, 0.3) is 0 Å². The molecule has 1 aromatic heterocycles. The van der Waals surface area contributed by atoms with Crippen molar-refractivity contribution in [3.63, 3.8) is 0 Å². The Kier molecular flexibility index (Phi) is 4.17. The maximum Gasteiger partial charge on any atom is 0.338 e. The van der Waals surface area contributed by atoms with Gasteiger partial charge in [0, 0.05) is 23.5 Å². The van der Waals surface area contributed by atoms with Crippen molar-refractivity contribution in [2.75, 3.05) is 5.32 Å². The Bertz CT molecular complexity index is 684. The highest BCUT2D eigenvalue weighted by Crippen LogP contribution is 2.14. The predicted octanol–water partition coefficient (Wildman–Crippen LogP) is 1.88. The van der Waals surface area contributed by atoms with Gasteiger partial charge in [-0.1, -0.05) is 0 Å². The first-order valence-electron chi connectivity index (χ1n) is 6.04. The van der Waals surface area contributed by atoms with Gasteiger partial charge in [0.15, 0.2) is 0 Å². The lowest BCUT2D eigenvalue weighted by Crippen LogP contribution is -2.28. The number of benzene rings is 1. The zero-order valence-corrected chi connectivity index (χ0v) is 11.1. The summed E-state index contributed by atoms with van der Waals surface area (Å²) in [6.45, 7) is 2.09. The lowest BCUT2D eigenvalue weighted by molar-refractivity contribution is 0.0692. The predicted molar refractivity (Wildman–Crippen MR) is 72.5 cm³/mol. The first-order valence-corrected chi connectivity index (χ1v) is 6.04. The van der Waals surface area contributed by atoms with Gasteiger partial charge < -0.3 is 15.7 Å². The number of hydrogen-bond acceptors (Lipinski definition) is 3. The first kappa shape index (κ1) is 14.5. The number of aryl methyl sites for hydroxylation is 1. The number of urea groups is 1. The summed E-state index contributed by atoms with van der Waals surface area (Å²) in [4.78, 5) is 22.5. The molecule has 0 atom stereocenters. The van der Waals surface area contributed by atoms with Crippen LogP contribution in [-0.4, -0.2) is 27.3 Å². The number of halogens is 1. The van der Waals surface area contributed by atoms with E-state index in [0.717, 1.165) is 23.4 Å². The summed E-state index contributed by atoms with van der Waals surface area (Å²) in [6, 6.07) is 2.79. The minimum atomic E-state index is -1.40. The number of hydrogen-bond donors (Lipinski definition) is 4. The molecule has 7 nitrogen and oxygen atoms in total. The van der Waals surface area contributed by atoms with Crippen LogP contribution in [0.2, 0.25) is 0 Å². The molecule has 110 valence electrons. The summed E-state index contributed by atoms with van der Waals surface area (Å²) in [7, 11) is 0. The second-order valence-electron chi connectivity index (χ2n) is 4.33. The van der Waals surface area contributed by atoms with Crippen LogP contribution in [-0.2, 0) is 6.54 Å². The van der Waals surface area contributed by atoms with Crippen LogP contribution in [0.4, 0.5) is 14.9 Å². The van der Waals surface area contributed by atoms with Crippen LogP contribution in [0.5, 0.6) is 0 Å². The van der Waals surface area contributed by atoms with E-state index < -0.39 is 23.4 Å². The monoisotopic (exact) mass is 292 g/mol. The fraction of sp³-hybridized carbons (Fsp3) is 0.154. The van der Waals surface area contributed by atoms with E-state index in [2.05, 4.69) is 20.8 Å². The lowest BCUT2D eigenvalue weighted by atomic mass is 10.2. The Morgan fingerprint density at radius 3 is 2.81 bits per heavy atom. The standard InChI is InChI=1S/C13H13FN4O3/c1-7-8(6-16-18-7)5-15-13(21)17-9-2-3-11(14)10(4-9)12(19)20/h2-4,6H,5H2,1H3,(H,16,18)(H,19,20)(H2,15,17,21). The summed E-state index contributed by atoms with van der Waals surface area (Å²) in [5, 5.41) is 20.4. The average Bonchev–Trinajstić information content (AvgIpc) is 2.84. The molecule has 0 saturated heterocycles. The molecule has 2 amide bonds. The van der Waals surface area contributed by atoms with Crippen molar-refractivity contribution in [1.82, 2.24) is 15.5 Å². The van der Waals surface area contributed by atoms with Gasteiger partial charge in [0.2, 0.25) is 0 Å². The van der Waals surface area contributed by atoms with Gasteiger partial charge >= 0.3 is 12.0 Å². The van der Waals surface area contributed by atoms with Gasteiger partial charge in [0.05, 0.1) is 11.8 Å². The average molecular weight is 292 g/mol. The number of aromatic nitrogens is 2. The summed E-state index contributed by atoms with van der Waals surface area (Å²) < 4.78 is 13.2. The van der Waals surface area contributed by atoms with Crippen LogP contribution in [0.25, 0.3) is 0 Å². The number of rotatable bonds is 4. The summed E-state index contributed by atoms with van der Waals surface area (Å²) in [5.41, 5.74) is 1.36. The molecule has 0 aliphatic carbocycles. The Labute approximate surface area is 119 Å². The zero-order chi connectivity index (χ0) is 15.4. The van der Waals surface area contributed by atoms with E-state index in [-0.39, 0.29) is 12.2 Å². The molecule has 0 radical (unpaired) electrons. The van der Waals surface area contributed by atoms with E-state index in [4.69, 9.17) is 5.11 Å². The highest BCUT2D eigenvalue weighted by molar-refractivity contribution is 5.93. The van der Waals surface area contributed by atoms with E-state index in [0.29, 0.717) is 0 Å². The van der Waals surface area contributed by atoms with Crippen LogP contribution in [0.15, 0.2) is 24.4 Å². The molecule has 0 unspecified atom stereocenters. The zero-order valence-electron chi connectivity index (χ0n) is 11.1. The second-order valence-corrected chi connectivity index (χ2v) is 4.33. The quantitative estimate of drug-likeness (QED) is 0.690. The van der Waals surface area contributed by atoms with Crippen LogP contribution in [0.3, 0.4) is 0 Å². The van der Waals surface area contributed by atoms with Gasteiger partial charge in [-0.25, -0.2) is 14.0 Å². The number of nitrogens with zero attached hydrogens (tertiary/aromatic N) is 1. The molecular weight excluding hydrogens is 279 g/mol. The molecule has 21 heavy (non-hydrogen) atoms. The van der Waals surface area contributed by atoms with Crippen LogP contribution >= 0.6 is 0 Å². The number of amides is 2. The van der Waals surface area contributed by atoms with Crippen LogP contribution < -0.4 is 10.6 Å². The lowest BCUT2D eigenvalue weighted by Gasteiger charge is -2.08. The molecule has 2 aromatic rings. The number of carboxylic acid groups (broad SMARTS) is 1. The molecule has 0 aliphatic heterocycles. The number of aromatic carboxylic acids is 1. The maximum atomic E-state index is 13.2. The molecule has 2 rings (SSSR count). The minimum Gasteiger partial charge on any atom is -0.478 e. The molecule has 4 N–H and O–H groups in total. The van der Waals surface area contributed by atoms with Gasteiger partial charge in [-0.3, -0.25) is 5.10 Å². The topological polar surface area (TPSA) is 107 Å². The van der Waals surface area contributed by atoms with E-state index >= 15 is 0 Å². The van der Waals surface area contributed by atoms with Crippen molar-refractivity contribution < 1.29 is 19.1 Å². The van der Waals surface area contributed by atoms with Crippen molar-refractivity contribution in [2.24, 2.45) is 0 Å². The number of anilines is 1. The molecule has 0 fully saturated rings. The number of carboxylic acids is 1. The Morgan fingerprint density at radius 2 is 2.19 bits per heavy atom. The maximum absolute atomic E-state index is 13.2. The number of carbonyl (C=O) groups is 2. The highest BCUT2D eigenvalue weighted by atomic mass is 19.1. The molecule has 0 bridgehead atoms. The largest absolute Gasteiger partial charge is 0.478 e. The van der Waals surface area contributed by atoms with Gasteiger partial charge in [-0.15, -0.1) is 0 Å². The van der Waals surface area contributed by atoms with E-state index in [1.165, 1.54) is 6.07 Å². The third-order valence-corrected chi connectivity index (χ3v) is 2.83. The van der Waals surface area contributed by atoms with E-state index in [9.17, 15) is 14.0 Å². The van der Waals surface area contributed by atoms with Crippen LogP contribution in [0, 0.1) is 12.7 Å². The summed E-state index contributed by atoms with van der Waals surface area (Å²) in [5.74, 6) is -2.26. The fourth-order valence-corrected chi connectivity index (χ4v) is 1.67. The van der Waals surface area contributed by atoms with Gasteiger partial charge in [-0.2, -0.15) is 5.10 Å². The number of H-pyrrole nitrogens is 1. The molecule has 8 heteroatoms. The highest BCUT2D eigenvalue weighted by Gasteiger charge is 2.12. The van der Waals surface area contributed by atoms with Gasteiger partial charge in [0.1, 0.15) is 5.82 Å². The van der Waals surface area contributed by atoms with Crippen molar-refractivity contribution in [3.8, 4) is 0 Å². The molecule has 1 aromatic carbocycles. The number of nitrogens with one attached hydrogen (secondary N) is 3. The second kappa shape index (κ2) is 6.04. The van der Waals surface area contributed by atoms with Crippen molar-refractivity contribution in [1.29, 1.82) is 0 Å². The third-order valence-electron chi connectivity index (χ3n) is 2.83. The Morgan fingerprint density at radius 1 is 1.43 bits per heavy atom. The third kappa shape index (κ3) is 3.56. The normalized spacial score (nSPS) is 10.2. The molecule has 0 aliphatic rings. The van der Waals surface area contributed by atoms with Crippen molar-refractivity contribution in [2.45, 2.75) is 13.5 Å². The summed E-state index contributed by atoms with van der Waals surface area (Å²) >= 11 is 0. The SMILES string of the molecule is Cc1[nH]ncc1CNC(=O)Nc1ccc(F)c(C(=O)O)c1. The van der Waals surface area contributed by atoms with E-state index in [1.807, 2.05) is 6.92 Å². The van der Waals surface area contributed by atoms with Crippen molar-refractivity contribution >= 4 is 17.7 Å². The molecule has 0 spiro atoms.